The molecule has 142 valence electrons. The van der Waals surface area contributed by atoms with Crippen LogP contribution in [0.3, 0.4) is 0 Å². The molecule has 3 aromatic rings. The van der Waals surface area contributed by atoms with Crippen molar-refractivity contribution in [2.24, 2.45) is 0 Å². The molecule has 0 aliphatic carbocycles. The third-order valence-electron chi connectivity index (χ3n) is 4.27. The van der Waals surface area contributed by atoms with Crippen LogP contribution in [0.5, 0.6) is 0 Å². The minimum atomic E-state index is -0.263. The van der Waals surface area contributed by atoms with Gasteiger partial charge in [-0.3, -0.25) is 9.69 Å². The molecule has 5 nitrogen and oxygen atoms in total. The topological polar surface area (TPSA) is 58.4 Å². The first-order valence-corrected chi connectivity index (χ1v) is 9.44. The van der Waals surface area contributed by atoms with Gasteiger partial charge in [0.25, 0.3) is 5.91 Å². The Kier molecular flexibility index (Phi) is 6.03. The number of hydrogen-bond donors (Lipinski definition) is 1. The normalized spacial score (nSPS) is 12.3. The van der Waals surface area contributed by atoms with Crippen molar-refractivity contribution in [2.75, 3.05) is 20.6 Å². The molecule has 0 saturated heterocycles. The van der Waals surface area contributed by atoms with Crippen molar-refractivity contribution in [3.05, 3.63) is 75.4 Å². The number of furan rings is 1. The summed E-state index contributed by atoms with van der Waals surface area (Å²) in [6.07, 6.45) is 2.20. The van der Waals surface area contributed by atoms with E-state index in [0.717, 1.165) is 16.3 Å². The highest BCUT2D eigenvalue weighted by atomic mass is 32.1. The van der Waals surface area contributed by atoms with Gasteiger partial charge in [-0.1, -0.05) is 12.1 Å². The number of amides is 1. The lowest BCUT2D eigenvalue weighted by molar-refractivity contribution is 0.0942. The number of aryl methyl sites for hydroxylation is 1. The van der Waals surface area contributed by atoms with Gasteiger partial charge in [0, 0.05) is 13.0 Å². The Labute approximate surface area is 161 Å². The van der Waals surface area contributed by atoms with Crippen LogP contribution in [-0.2, 0) is 6.42 Å². The second-order valence-corrected chi connectivity index (χ2v) is 7.61. The van der Waals surface area contributed by atoms with E-state index in [1.807, 2.05) is 38.1 Å². The monoisotopic (exact) mass is 387 g/mol. The predicted octanol–water partition coefficient (Wildman–Crippen LogP) is 3.81. The summed E-state index contributed by atoms with van der Waals surface area (Å²) in [5, 5.41) is 3.81. The fourth-order valence-electron chi connectivity index (χ4n) is 2.80. The van der Waals surface area contributed by atoms with Crippen molar-refractivity contribution >= 4 is 17.2 Å². The Morgan fingerprint density at radius 3 is 2.67 bits per heavy atom. The molecule has 0 aliphatic rings. The summed E-state index contributed by atoms with van der Waals surface area (Å²) in [7, 11) is 3.89. The van der Waals surface area contributed by atoms with E-state index in [2.05, 4.69) is 10.3 Å². The lowest BCUT2D eigenvalue weighted by atomic mass is 10.1. The Morgan fingerprint density at radius 2 is 2.04 bits per heavy atom. The molecule has 0 bridgehead atoms. The molecule has 0 fully saturated rings. The van der Waals surface area contributed by atoms with E-state index in [1.165, 1.54) is 23.5 Å². The summed E-state index contributed by atoms with van der Waals surface area (Å²) in [6, 6.07) is 10.0. The van der Waals surface area contributed by atoms with Crippen molar-refractivity contribution in [3.8, 4) is 0 Å². The standard InChI is InChI=1S/C20H22FN3O2S/c1-13-19(27-18(23-13)11-14-6-8-15(21)9-7-14)20(25)22-12-16(24(2)3)17-5-4-10-26-17/h4-10,16H,11-12H2,1-3H3,(H,22,25). The van der Waals surface area contributed by atoms with Crippen LogP contribution in [0.2, 0.25) is 0 Å². The maximum atomic E-state index is 13.0. The number of nitrogens with one attached hydrogen (secondary N) is 1. The van der Waals surface area contributed by atoms with Gasteiger partial charge in [-0.2, -0.15) is 0 Å². The molecule has 1 unspecified atom stereocenters. The van der Waals surface area contributed by atoms with Crippen molar-refractivity contribution in [3.63, 3.8) is 0 Å². The molecule has 2 heterocycles. The molecule has 1 atom stereocenters. The van der Waals surface area contributed by atoms with E-state index in [-0.39, 0.29) is 17.8 Å². The Bertz CT molecular complexity index is 889. The smallest absolute Gasteiger partial charge is 0.263 e. The highest BCUT2D eigenvalue weighted by Gasteiger charge is 2.20. The number of halogens is 1. The SMILES string of the molecule is Cc1nc(Cc2ccc(F)cc2)sc1C(=O)NCC(c1ccco1)N(C)C. The van der Waals surface area contributed by atoms with E-state index in [0.29, 0.717) is 23.5 Å². The van der Waals surface area contributed by atoms with Crippen LogP contribution in [0.15, 0.2) is 47.1 Å². The fourth-order valence-corrected chi connectivity index (χ4v) is 3.82. The number of benzene rings is 1. The summed E-state index contributed by atoms with van der Waals surface area (Å²) in [4.78, 5) is 19.7. The second-order valence-electron chi connectivity index (χ2n) is 6.53. The molecule has 3 rings (SSSR count). The fraction of sp³-hybridized carbons (Fsp3) is 0.300. The van der Waals surface area contributed by atoms with Gasteiger partial charge in [0.05, 0.1) is 23.0 Å². The molecule has 0 spiro atoms. The number of carbonyl (C=O) groups is 1. The van der Waals surface area contributed by atoms with Crippen LogP contribution < -0.4 is 5.32 Å². The summed E-state index contributed by atoms with van der Waals surface area (Å²) in [5.74, 6) is 0.397. The van der Waals surface area contributed by atoms with Gasteiger partial charge in [0.2, 0.25) is 0 Å². The molecule has 7 heteroatoms. The van der Waals surface area contributed by atoms with Gasteiger partial charge in [-0.25, -0.2) is 9.37 Å². The van der Waals surface area contributed by atoms with Crippen molar-refractivity contribution in [1.82, 2.24) is 15.2 Å². The lowest BCUT2D eigenvalue weighted by Crippen LogP contribution is -2.34. The number of thiazole rings is 1. The molecule has 1 aromatic carbocycles. The molecule has 1 N–H and O–H groups in total. The van der Waals surface area contributed by atoms with Crippen LogP contribution >= 0.6 is 11.3 Å². The van der Waals surface area contributed by atoms with Crippen molar-refractivity contribution in [1.29, 1.82) is 0 Å². The first-order valence-electron chi connectivity index (χ1n) is 8.63. The van der Waals surface area contributed by atoms with Gasteiger partial charge in [0.15, 0.2) is 0 Å². The number of likely N-dealkylation sites (N-methyl/N-ethyl adjacent to an activating group) is 1. The summed E-state index contributed by atoms with van der Waals surface area (Å²) < 4.78 is 18.5. The maximum absolute atomic E-state index is 13.0. The summed E-state index contributed by atoms with van der Waals surface area (Å²) >= 11 is 1.37. The molecular formula is C20H22FN3O2S. The van der Waals surface area contributed by atoms with Crippen LogP contribution in [0.1, 0.15) is 37.7 Å². The van der Waals surface area contributed by atoms with Gasteiger partial charge in [-0.05, 0) is 50.8 Å². The molecule has 1 amide bonds. The highest BCUT2D eigenvalue weighted by molar-refractivity contribution is 7.13. The minimum Gasteiger partial charge on any atom is -0.468 e. The average molecular weight is 387 g/mol. The van der Waals surface area contributed by atoms with Gasteiger partial charge in [0.1, 0.15) is 16.5 Å². The van der Waals surface area contributed by atoms with E-state index in [1.54, 1.807) is 18.4 Å². The zero-order valence-corrected chi connectivity index (χ0v) is 16.3. The van der Waals surface area contributed by atoms with Crippen LogP contribution in [-0.4, -0.2) is 36.4 Å². The second kappa shape index (κ2) is 8.45. The van der Waals surface area contributed by atoms with Crippen LogP contribution in [0, 0.1) is 12.7 Å². The van der Waals surface area contributed by atoms with E-state index in [9.17, 15) is 9.18 Å². The zero-order chi connectivity index (χ0) is 19.4. The average Bonchev–Trinajstić information content (AvgIpc) is 3.27. The lowest BCUT2D eigenvalue weighted by Gasteiger charge is -2.22. The molecule has 0 radical (unpaired) electrons. The van der Waals surface area contributed by atoms with Gasteiger partial charge in [-0.15, -0.1) is 11.3 Å². The Morgan fingerprint density at radius 1 is 1.30 bits per heavy atom. The number of hydrogen-bond acceptors (Lipinski definition) is 5. The van der Waals surface area contributed by atoms with Crippen molar-refractivity contribution < 1.29 is 13.6 Å². The number of nitrogens with zero attached hydrogens (tertiary/aromatic N) is 2. The van der Waals surface area contributed by atoms with Crippen molar-refractivity contribution in [2.45, 2.75) is 19.4 Å². The van der Waals surface area contributed by atoms with E-state index < -0.39 is 0 Å². The number of rotatable bonds is 7. The van der Waals surface area contributed by atoms with Crippen LogP contribution in [0.4, 0.5) is 4.39 Å². The third kappa shape index (κ3) is 4.81. The molecule has 0 saturated carbocycles. The Balaban J connectivity index is 1.66. The quantitative estimate of drug-likeness (QED) is 0.670. The zero-order valence-electron chi connectivity index (χ0n) is 15.5. The van der Waals surface area contributed by atoms with E-state index >= 15 is 0 Å². The Hall–Kier alpha value is -2.51. The summed E-state index contributed by atoms with van der Waals surface area (Å²) in [6.45, 7) is 2.26. The predicted molar refractivity (Wildman–Crippen MR) is 104 cm³/mol. The maximum Gasteiger partial charge on any atom is 0.263 e. The van der Waals surface area contributed by atoms with Gasteiger partial charge < -0.3 is 9.73 Å². The highest BCUT2D eigenvalue weighted by Crippen LogP contribution is 2.22. The molecular weight excluding hydrogens is 365 g/mol. The first kappa shape index (κ1) is 19.3. The molecule has 27 heavy (non-hydrogen) atoms. The van der Waals surface area contributed by atoms with E-state index in [4.69, 9.17) is 4.42 Å². The summed E-state index contributed by atoms with van der Waals surface area (Å²) in [5.41, 5.74) is 1.66. The number of aromatic nitrogens is 1. The minimum absolute atomic E-state index is 0.0455. The first-order chi connectivity index (χ1) is 12.9. The molecule has 0 aliphatic heterocycles. The molecule has 2 aromatic heterocycles. The number of carbonyl (C=O) groups excluding carboxylic acids is 1. The van der Waals surface area contributed by atoms with Crippen LogP contribution in [0.25, 0.3) is 0 Å². The van der Waals surface area contributed by atoms with Gasteiger partial charge >= 0.3 is 0 Å². The third-order valence-corrected chi connectivity index (χ3v) is 5.42. The largest absolute Gasteiger partial charge is 0.468 e.